The Morgan fingerprint density at radius 2 is 0.950 bits per heavy atom. The molecule has 0 saturated heterocycles. The molecule has 60 heavy (non-hydrogen) atoms. The number of hydrogen-bond donors (Lipinski definition) is 0. The van der Waals surface area contributed by atoms with Crippen molar-refractivity contribution >= 4 is 83.4 Å². The van der Waals surface area contributed by atoms with Crippen LogP contribution >= 0.6 is 22.6 Å². The van der Waals surface area contributed by atoms with E-state index >= 15 is 0 Å². The van der Waals surface area contributed by atoms with E-state index in [1.54, 1.807) is 0 Å². The van der Waals surface area contributed by atoms with Crippen molar-refractivity contribution in [3.05, 3.63) is 217 Å². The smallest absolute Gasteiger partial charge is 0.143 e. The van der Waals surface area contributed by atoms with Gasteiger partial charge in [-0.1, -0.05) is 162 Å². The Kier molecular flexibility index (Phi) is 7.94. The van der Waals surface area contributed by atoms with E-state index < -0.39 is 0 Å². The number of hydrogen-bond acceptors (Lipinski definition) is 2. The Labute approximate surface area is 361 Å². The van der Waals surface area contributed by atoms with Crippen LogP contribution in [0.25, 0.3) is 82.8 Å². The van der Waals surface area contributed by atoms with Crippen LogP contribution in [0.4, 0.5) is 17.1 Å². The second-order valence-corrected chi connectivity index (χ2v) is 18.1. The number of anilines is 3. The van der Waals surface area contributed by atoms with Crippen LogP contribution in [0.3, 0.4) is 0 Å². The Hall–Kier alpha value is -6.89. The van der Waals surface area contributed by atoms with Gasteiger partial charge in [-0.3, -0.25) is 0 Å². The predicted molar refractivity (Wildman–Crippen MR) is 260 cm³/mol. The van der Waals surface area contributed by atoms with Gasteiger partial charge in [-0.15, -0.1) is 0 Å². The lowest BCUT2D eigenvalue weighted by molar-refractivity contribution is 0.670. The third-order valence-corrected chi connectivity index (χ3v) is 13.7. The summed E-state index contributed by atoms with van der Waals surface area (Å²) in [5.41, 5.74) is 18.6. The van der Waals surface area contributed by atoms with E-state index in [1.165, 1.54) is 55.2 Å². The Morgan fingerprint density at radius 1 is 0.433 bits per heavy atom. The van der Waals surface area contributed by atoms with Crippen molar-refractivity contribution in [1.82, 2.24) is 4.57 Å². The molecule has 0 radical (unpaired) electrons. The second-order valence-electron chi connectivity index (χ2n) is 15.9. The van der Waals surface area contributed by atoms with Crippen LogP contribution in [0, 0.1) is 0 Å². The summed E-state index contributed by atoms with van der Waals surface area (Å²) in [6, 6.07) is 74.8. The monoisotopic (exact) mass is 880 g/mol. The molecule has 12 rings (SSSR count). The summed E-state index contributed by atoms with van der Waals surface area (Å²) in [7, 11) is 0. The number of alkyl halides is 1. The summed E-state index contributed by atoms with van der Waals surface area (Å²) >= 11 is 2.64. The molecule has 1 unspecified atom stereocenters. The molecule has 0 spiro atoms. The maximum Gasteiger partial charge on any atom is 0.143 e. The molecule has 2 aromatic heterocycles. The molecule has 0 fully saturated rings. The quantitative estimate of drug-likeness (QED) is 0.123. The third-order valence-electron chi connectivity index (χ3n) is 12.5. The van der Waals surface area contributed by atoms with Crippen LogP contribution in [0.2, 0.25) is 0 Å². The first-order chi connectivity index (χ1) is 29.5. The van der Waals surface area contributed by atoms with E-state index in [0.29, 0.717) is 0 Å². The molecule has 3 nitrogen and oxygen atoms in total. The van der Waals surface area contributed by atoms with E-state index in [9.17, 15) is 0 Å². The maximum atomic E-state index is 6.44. The van der Waals surface area contributed by atoms with Gasteiger partial charge in [0.1, 0.15) is 11.2 Å². The van der Waals surface area contributed by atoms with Gasteiger partial charge in [-0.05, 0) is 113 Å². The van der Waals surface area contributed by atoms with Gasteiger partial charge in [-0.25, -0.2) is 0 Å². The highest BCUT2D eigenvalue weighted by molar-refractivity contribution is 14.1. The summed E-state index contributed by atoms with van der Waals surface area (Å²) in [5.74, 6) is 0. The number of aromatic nitrogens is 1. The fraction of sp³-hybridized carbons (Fsp3) is 0.0357. The van der Waals surface area contributed by atoms with Crippen LogP contribution in [0.5, 0.6) is 0 Å². The average Bonchev–Trinajstić information content (AvgIpc) is 3.93. The number of benzene rings is 9. The van der Waals surface area contributed by atoms with E-state index in [-0.39, 0.29) is 3.42 Å². The minimum Gasteiger partial charge on any atom is -0.455 e. The van der Waals surface area contributed by atoms with Crippen LogP contribution in [0.15, 0.2) is 211 Å². The van der Waals surface area contributed by atoms with E-state index in [2.05, 4.69) is 233 Å². The van der Waals surface area contributed by atoms with E-state index in [4.69, 9.17) is 4.42 Å². The van der Waals surface area contributed by atoms with E-state index in [0.717, 1.165) is 55.8 Å². The Bertz CT molecular complexity index is 3390. The van der Waals surface area contributed by atoms with Crippen molar-refractivity contribution in [2.45, 2.75) is 10.3 Å². The van der Waals surface area contributed by atoms with Gasteiger partial charge >= 0.3 is 0 Å². The molecule has 1 aliphatic carbocycles. The fourth-order valence-electron chi connectivity index (χ4n) is 9.59. The molecule has 0 aliphatic heterocycles. The first kappa shape index (κ1) is 35.1. The maximum absolute atomic E-state index is 6.44. The lowest BCUT2D eigenvalue weighted by atomic mass is 9.98. The normalized spacial score (nSPS) is 14.6. The molecule has 4 heteroatoms. The van der Waals surface area contributed by atoms with Crippen molar-refractivity contribution in [2.24, 2.45) is 0 Å². The van der Waals surface area contributed by atoms with Gasteiger partial charge in [0.2, 0.25) is 0 Å². The van der Waals surface area contributed by atoms with Crippen molar-refractivity contribution < 1.29 is 4.42 Å². The summed E-state index contributed by atoms with van der Waals surface area (Å²) in [5, 5.41) is 4.81. The molecule has 0 amide bonds. The lowest BCUT2D eigenvalue weighted by Crippen LogP contribution is -2.13. The minimum atomic E-state index is -0.143. The lowest BCUT2D eigenvalue weighted by Gasteiger charge is -2.28. The zero-order valence-corrected chi connectivity index (χ0v) is 35.0. The molecule has 0 saturated carbocycles. The average molecular weight is 881 g/mol. The van der Waals surface area contributed by atoms with Gasteiger partial charge in [0, 0.05) is 49.9 Å². The zero-order chi connectivity index (χ0) is 40.0. The first-order valence-corrected chi connectivity index (χ1v) is 21.5. The van der Waals surface area contributed by atoms with E-state index in [1.807, 2.05) is 12.1 Å². The van der Waals surface area contributed by atoms with Crippen LogP contribution in [0.1, 0.15) is 18.1 Å². The molecule has 0 bridgehead atoms. The largest absolute Gasteiger partial charge is 0.455 e. The highest BCUT2D eigenvalue weighted by atomic mass is 127. The van der Waals surface area contributed by atoms with Gasteiger partial charge in [-0.2, -0.15) is 0 Å². The molecule has 0 N–H and O–H groups in total. The highest BCUT2D eigenvalue weighted by Crippen LogP contribution is 2.54. The molecular formula is C56H37IN2O. The van der Waals surface area contributed by atoms with Gasteiger partial charge < -0.3 is 13.9 Å². The number of nitrogens with zero attached hydrogens (tertiary/aromatic N) is 2. The number of furan rings is 1. The van der Waals surface area contributed by atoms with Crippen molar-refractivity contribution in [3.8, 4) is 39.1 Å². The van der Waals surface area contributed by atoms with Gasteiger partial charge in [0.15, 0.2) is 0 Å². The molecule has 1 aliphatic rings. The number of fused-ring (bicyclic) bond motifs is 9. The third kappa shape index (κ3) is 5.40. The highest BCUT2D eigenvalue weighted by Gasteiger charge is 2.37. The number of halogens is 1. The summed E-state index contributed by atoms with van der Waals surface area (Å²) in [4.78, 5) is 2.39. The van der Waals surface area contributed by atoms with Gasteiger partial charge in [0.05, 0.1) is 14.5 Å². The SMILES string of the molecule is CC1(I)c2ccccc2-c2ccc(N(c3ccc(-c4ccc(-n5c6ccccc6c6ccccc65)cc4)cc3)c3ccc(-c4cccc5c4oc4ccccc45)cc3)cc21. The molecule has 1 atom stereocenters. The Morgan fingerprint density at radius 3 is 1.65 bits per heavy atom. The van der Waals surface area contributed by atoms with Crippen molar-refractivity contribution in [3.63, 3.8) is 0 Å². The molecule has 11 aromatic rings. The fourth-order valence-corrected chi connectivity index (χ4v) is 10.5. The van der Waals surface area contributed by atoms with Crippen molar-refractivity contribution in [1.29, 1.82) is 0 Å². The summed E-state index contributed by atoms with van der Waals surface area (Å²) in [6.45, 7) is 2.33. The summed E-state index contributed by atoms with van der Waals surface area (Å²) in [6.07, 6.45) is 0. The number of rotatable bonds is 6. The van der Waals surface area contributed by atoms with Crippen LogP contribution in [-0.2, 0) is 3.42 Å². The van der Waals surface area contributed by atoms with Crippen LogP contribution in [-0.4, -0.2) is 4.57 Å². The number of para-hydroxylation sites is 4. The molecule has 2 heterocycles. The minimum absolute atomic E-state index is 0.143. The van der Waals surface area contributed by atoms with Crippen LogP contribution < -0.4 is 4.90 Å². The molecular weight excluding hydrogens is 844 g/mol. The zero-order valence-electron chi connectivity index (χ0n) is 32.8. The topological polar surface area (TPSA) is 21.3 Å². The standard InChI is InChI=1S/C56H37IN2O/c1-56(57)50-17-6-2-11-44(50)45-34-33-42(35-51(45)56)58(40-31-25-38(26-32-40)43-15-10-16-49-48-14-5-9-20-54(48)60-55(43)49)39-27-21-36(22-28-39)37-23-29-41(30-24-37)59-52-18-7-3-12-46(52)47-13-4-8-19-53(47)59/h2-35H,1H3. The molecule has 9 aromatic carbocycles. The molecule has 284 valence electrons. The second kappa shape index (κ2) is 13.6. The summed E-state index contributed by atoms with van der Waals surface area (Å²) < 4.78 is 8.66. The first-order valence-electron chi connectivity index (χ1n) is 20.4. The Balaban J connectivity index is 0.931. The van der Waals surface area contributed by atoms with Crippen molar-refractivity contribution in [2.75, 3.05) is 4.90 Å². The van der Waals surface area contributed by atoms with Gasteiger partial charge in [0.25, 0.3) is 0 Å². The predicted octanol–water partition coefficient (Wildman–Crippen LogP) is 16.2.